The molecule has 0 bridgehead atoms. The van der Waals surface area contributed by atoms with E-state index in [1.165, 1.54) is 38.5 Å². The SMILES string of the molecule is CC12CCC3(C[C@@H]1CCC1C2CCC2(C)C1CC[C@@]2(C)O)OCCO3. The Kier molecular flexibility index (Phi) is 3.56. The Morgan fingerprint density at radius 2 is 1.52 bits per heavy atom. The third-order valence-corrected chi connectivity index (χ3v) is 10.0. The van der Waals surface area contributed by atoms with Crippen molar-refractivity contribution in [3.05, 3.63) is 0 Å². The molecule has 3 nitrogen and oxygen atoms in total. The van der Waals surface area contributed by atoms with Crippen molar-refractivity contribution in [3.8, 4) is 0 Å². The van der Waals surface area contributed by atoms with Crippen molar-refractivity contribution in [1.82, 2.24) is 0 Å². The summed E-state index contributed by atoms with van der Waals surface area (Å²) in [6.45, 7) is 8.66. The average Bonchev–Trinajstić information content (AvgIpc) is 3.11. The fraction of sp³-hybridized carbons (Fsp3) is 1.00. The van der Waals surface area contributed by atoms with Gasteiger partial charge in [0.1, 0.15) is 0 Å². The molecular formula is C22H36O3. The van der Waals surface area contributed by atoms with Crippen LogP contribution in [0, 0.1) is 34.5 Å². The van der Waals surface area contributed by atoms with Crippen LogP contribution in [0.1, 0.15) is 78.6 Å². The Morgan fingerprint density at radius 1 is 0.800 bits per heavy atom. The van der Waals surface area contributed by atoms with E-state index in [2.05, 4.69) is 20.8 Å². The van der Waals surface area contributed by atoms with Crippen molar-refractivity contribution in [2.75, 3.05) is 13.2 Å². The zero-order valence-electron chi connectivity index (χ0n) is 16.4. The number of aliphatic hydroxyl groups is 1. The molecule has 0 radical (unpaired) electrons. The number of hydrogen-bond acceptors (Lipinski definition) is 3. The van der Waals surface area contributed by atoms with Crippen molar-refractivity contribution in [3.63, 3.8) is 0 Å². The molecule has 4 aliphatic carbocycles. The number of fused-ring (bicyclic) bond motifs is 5. The van der Waals surface area contributed by atoms with E-state index >= 15 is 0 Å². The van der Waals surface area contributed by atoms with Gasteiger partial charge in [-0.15, -0.1) is 0 Å². The Bertz CT molecular complexity index is 551. The highest BCUT2D eigenvalue weighted by Crippen LogP contribution is 2.69. The standard InChI is InChI=1S/C22H36O3/c1-19-10-11-22(24-12-13-25-22)14-15(19)4-5-16-17(19)6-8-20(2)18(16)7-9-21(20,3)23/h15-18,23H,4-14H2,1-3H3/t15-,16?,17?,18?,19?,20?,21+/m0/s1. The zero-order valence-corrected chi connectivity index (χ0v) is 16.4. The maximum Gasteiger partial charge on any atom is 0.168 e. The summed E-state index contributed by atoms with van der Waals surface area (Å²) in [7, 11) is 0. The van der Waals surface area contributed by atoms with Crippen molar-refractivity contribution in [2.24, 2.45) is 34.5 Å². The summed E-state index contributed by atoms with van der Waals surface area (Å²) in [5.41, 5.74) is 0.146. The quantitative estimate of drug-likeness (QED) is 0.699. The van der Waals surface area contributed by atoms with Crippen LogP contribution in [0.15, 0.2) is 0 Å². The Hall–Kier alpha value is -0.120. The molecule has 1 heterocycles. The van der Waals surface area contributed by atoms with Crippen molar-refractivity contribution >= 4 is 0 Å². The van der Waals surface area contributed by atoms with Gasteiger partial charge >= 0.3 is 0 Å². The maximum absolute atomic E-state index is 11.0. The summed E-state index contributed by atoms with van der Waals surface area (Å²) in [4.78, 5) is 0. The molecule has 5 aliphatic rings. The predicted octanol–water partition coefficient (Wildman–Crippen LogP) is 4.52. The summed E-state index contributed by atoms with van der Waals surface area (Å²) in [5.74, 6) is 2.92. The molecule has 0 amide bonds. The molecule has 7 atom stereocenters. The maximum atomic E-state index is 11.0. The highest BCUT2D eigenvalue weighted by molar-refractivity contribution is 5.13. The predicted molar refractivity (Wildman–Crippen MR) is 97.0 cm³/mol. The van der Waals surface area contributed by atoms with Gasteiger partial charge in [-0.2, -0.15) is 0 Å². The van der Waals surface area contributed by atoms with Crippen molar-refractivity contribution in [2.45, 2.75) is 89.9 Å². The highest BCUT2D eigenvalue weighted by Gasteiger charge is 2.64. The molecule has 1 spiro atoms. The minimum Gasteiger partial charge on any atom is -0.390 e. The number of hydrogen-bond donors (Lipinski definition) is 1. The van der Waals surface area contributed by atoms with Gasteiger partial charge in [0.15, 0.2) is 5.79 Å². The smallest absolute Gasteiger partial charge is 0.168 e. The first-order valence-electron chi connectivity index (χ1n) is 10.8. The molecule has 1 saturated heterocycles. The van der Waals surface area contributed by atoms with E-state index < -0.39 is 5.60 Å². The van der Waals surface area contributed by atoms with Gasteiger partial charge in [0, 0.05) is 12.8 Å². The van der Waals surface area contributed by atoms with E-state index in [0.717, 1.165) is 56.1 Å². The number of rotatable bonds is 0. The van der Waals surface area contributed by atoms with Crippen LogP contribution in [0.3, 0.4) is 0 Å². The molecule has 0 aromatic carbocycles. The molecule has 0 aromatic heterocycles. The minimum atomic E-state index is -0.456. The van der Waals surface area contributed by atoms with Gasteiger partial charge < -0.3 is 14.6 Å². The lowest BCUT2D eigenvalue weighted by Crippen LogP contribution is -2.57. The lowest BCUT2D eigenvalue weighted by Gasteiger charge is -2.62. The van der Waals surface area contributed by atoms with Crippen LogP contribution in [0.25, 0.3) is 0 Å². The van der Waals surface area contributed by atoms with E-state index in [4.69, 9.17) is 9.47 Å². The molecule has 5 fully saturated rings. The minimum absolute atomic E-state index is 0.144. The topological polar surface area (TPSA) is 38.7 Å². The fourth-order valence-corrected chi connectivity index (χ4v) is 8.20. The molecule has 4 saturated carbocycles. The van der Waals surface area contributed by atoms with Gasteiger partial charge in [-0.05, 0) is 86.4 Å². The van der Waals surface area contributed by atoms with Gasteiger partial charge in [-0.3, -0.25) is 0 Å². The molecule has 1 N–H and O–H groups in total. The van der Waals surface area contributed by atoms with E-state index in [0.29, 0.717) is 5.41 Å². The van der Waals surface area contributed by atoms with Gasteiger partial charge in [0.05, 0.1) is 18.8 Å². The molecule has 142 valence electrons. The first-order valence-corrected chi connectivity index (χ1v) is 10.8. The van der Waals surface area contributed by atoms with Crippen LogP contribution in [0.5, 0.6) is 0 Å². The van der Waals surface area contributed by atoms with E-state index in [9.17, 15) is 5.11 Å². The largest absolute Gasteiger partial charge is 0.390 e. The second-order valence-corrected chi connectivity index (χ2v) is 10.7. The summed E-state index contributed by atoms with van der Waals surface area (Å²) in [6.07, 6.45) is 10.9. The van der Waals surface area contributed by atoms with Crippen LogP contribution in [0.4, 0.5) is 0 Å². The van der Waals surface area contributed by atoms with Gasteiger partial charge in [-0.1, -0.05) is 13.8 Å². The first kappa shape index (κ1) is 17.0. The Morgan fingerprint density at radius 3 is 2.28 bits per heavy atom. The van der Waals surface area contributed by atoms with Crippen LogP contribution in [-0.4, -0.2) is 29.7 Å². The second-order valence-electron chi connectivity index (χ2n) is 10.7. The van der Waals surface area contributed by atoms with E-state index in [1.54, 1.807) is 0 Å². The Balaban J connectivity index is 1.41. The van der Waals surface area contributed by atoms with E-state index in [-0.39, 0.29) is 11.2 Å². The van der Waals surface area contributed by atoms with Gasteiger partial charge in [0.2, 0.25) is 0 Å². The van der Waals surface area contributed by atoms with Crippen LogP contribution in [0.2, 0.25) is 0 Å². The third kappa shape index (κ3) is 2.15. The summed E-state index contributed by atoms with van der Waals surface area (Å²) >= 11 is 0. The Labute approximate surface area is 152 Å². The normalized spacial score (nSPS) is 57.1. The lowest BCUT2D eigenvalue weighted by molar-refractivity contribution is -0.232. The second kappa shape index (κ2) is 5.23. The zero-order chi connectivity index (χ0) is 17.5. The molecule has 0 aromatic rings. The van der Waals surface area contributed by atoms with Crippen LogP contribution >= 0.6 is 0 Å². The first-order chi connectivity index (χ1) is 11.8. The molecular weight excluding hydrogens is 312 g/mol. The van der Waals surface area contributed by atoms with Crippen LogP contribution < -0.4 is 0 Å². The average molecular weight is 349 g/mol. The van der Waals surface area contributed by atoms with Crippen molar-refractivity contribution in [1.29, 1.82) is 0 Å². The van der Waals surface area contributed by atoms with Crippen LogP contribution in [-0.2, 0) is 9.47 Å². The molecule has 5 rings (SSSR count). The monoisotopic (exact) mass is 348 g/mol. The highest BCUT2D eigenvalue weighted by atomic mass is 16.7. The molecule has 5 unspecified atom stereocenters. The summed E-state index contributed by atoms with van der Waals surface area (Å²) < 4.78 is 12.1. The summed E-state index contributed by atoms with van der Waals surface area (Å²) in [6, 6.07) is 0. The summed E-state index contributed by atoms with van der Waals surface area (Å²) in [5, 5.41) is 11.0. The molecule has 3 heteroatoms. The van der Waals surface area contributed by atoms with Gasteiger partial charge in [-0.25, -0.2) is 0 Å². The lowest BCUT2D eigenvalue weighted by atomic mass is 9.44. The van der Waals surface area contributed by atoms with E-state index in [1.807, 2.05) is 0 Å². The molecule has 1 aliphatic heterocycles. The van der Waals surface area contributed by atoms with Gasteiger partial charge in [0.25, 0.3) is 0 Å². The fourth-order valence-electron chi connectivity index (χ4n) is 8.20. The third-order valence-electron chi connectivity index (χ3n) is 10.0. The molecule has 25 heavy (non-hydrogen) atoms. The van der Waals surface area contributed by atoms with Crippen molar-refractivity contribution < 1.29 is 14.6 Å². The number of ether oxygens (including phenoxy) is 2.